The molecule has 0 aliphatic carbocycles. The molecule has 5 nitrogen and oxygen atoms in total. The predicted molar refractivity (Wildman–Crippen MR) is 121 cm³/mol. The number of rotatable bonds is 9. The molecular formula is C25H24ClN3O2. The van der Waals surface area contributed by atoms with Gasteiger partial charge in [-0.3, -0.25) is 4.98 Å². The van der Waals surface area contributed by atoms with Crippen LogP contribution in [0.15, 0.2) is 77.3 Å². The molecule has 31 heavy (non-hydrogen) atoms. The standard InChI is InChI=1S/C25H24ClN3O2/c1-18(14-19-5-9-21(10-6-19)25-29-28-24(16-26)31-25)15-20-7-11-23(12-8-20)30-17-22-4-2-3-13-27-22/h2-13,18H,14-17H2,1H3. The van der Waals surface area contributed by atoms with Gasteiger partial charge in [0.15, 0.2) is 0 Å². The summed E-state index contributed by atoms with van der Waals surface area (Å²) < 4.78 is 11.3. The van der Waals surface area contributed by atoms with E-state index in [0.29, 0.717) is 24.3 Å². The Bertz CT molecular complexity index is 1080. The maximum absolute atomic E-state index is 5.82. The summed E-state index contributed by atoms with van der Waals surface area (Å²) in [6.07, 6.45) is 3.78. The predicted octanol–water partition coefficient (Wildman–Crippen LogP) is 5.87. The van der Waals surface area contributed by atoms with Crippen LogP contribution in [-0.2, 0) is 25.3 Å². The lowest BCUT2D eigenvalue weighted by molar-refractivity contribution is 0.301. The molecule has 0 aliphatic rings. The number of pyridine rings is 1. The fourth-order valence-electron chi connectivity index (χ4n) is 3.45. The molecule has 6 heteroatoms. The number of hydrogen-bond acceptors (Lipinski definition) is 5. The van der Waals surface area contributed by atoms with E-state index >= 15 is 0 Å². The van der Waals surface area contributed by atoms with Crippen LogP contribution in [0.1, 0.15) is 29.6 Å². The van der Waals surface area contributed by atoms with Crippen LogP contribution in [0.5, 0.6) is 5.75 Å². The number of aromatic nitrogens is 3. The minimum atomic E-state index is 0.222. The van der Waals surface area contributed by atoms with Gasteiger partial charge in [0.25, 0.3) is 0 Å². The fraction of sp³-hybridized carbons (Fsp3) is 0.240. The Labute approximate surface area is 187 Å². The van der Waals surface area contributed by atoms with E-state index in [4.69, 9.17) is 20.8 Å². The quantitative estimate of drug-likeness (QED) is 0.309. The highest BCUT2D eigenvalue weighted by Gasteiger charge is 2.10. The summed E-state index contributed by atoms with van der Waals surface area (Å²) in [4.78, 5) is 4.28. The summed E-state index contributed by atoms with van der Waals surface area (Å²) >= 11 is 5.72. The van der Waals surface area contributed by atoms with Gasteiger partial charge in [-0.25, -0.2) is 0 Å². The first-order valence-corrected chi connectivity index (χ1v) is 10.8. The second kappa shape index (κ2) is 10.2. The smallest absolute Gasteiger partial charge is 0.247 e. The lowest BCUT2D eigenvalue weighted by atomic mass is 9.94. The molecule has 2 heterocycles. The highest BCUT2D eigenvalue weighted by Crippen LogP contribution is 2.22. The first-order chi connectivity index (χ1) is 15.2. The maximum atomic E-state index is 5.82. The van der Waals surface area contributed by atoms with Gasteiger partial charge in [-0.2, -0.15) is 0 Å². The summed E-state index contributed by atoms with van der Waals surface area (Å²) in [5, 5.41) is 7.93. The summed E-state index contributed by atoms with van der Waals surface area (Å²) in [5.74, 6) is 2.52. The Morgan fingerprint density at radius 1 is 0.903 bits per heavy atom. The molecule has 0 bridgehead atoms. The van der Waals surface area contributed by atoms with Crippen molar-refractivity contribution in [1.29, 1.82) is 0 Å². The third kappa shape index (κ3) is 5.92. The van der Waals surface area contributed by atoms with Gasteiger partial charge in [-0.1, -0.05) is 37.3 Å². The van der Waals surface area contributed by atoms with E-state index in [1.807, 2.05) is 42.5 Å². The number of nitrogens with zero attached hydrogens (tertiary/aromatic N) is 3. The number of benzene rings is 2. The molecule has 4 rings (SSSR count). The van der Waals surface area contributed by atoms with Gasteiger partial charge in [-0.15, -0.1) is 21.8 Å². The van der Waals surface area contributed by atoms with E-state index in [2.05, 4.69) is 46.4 Å². The molecule has 0 spiro atoms. The Hall–Kier alpha value is -3.18. The van der Waals surface area contributed by atoms with Crippen LogP contribution in [0.4, 0.5) is 0 Å². The van der Waals surface area contributed by atoms with E-state index in [-0.39, 0.29) is 5.88 Å². The summed E-state index contributed by atoms with van der Waals surface area (Å²) in [5.41, 5.74) is 4.41. The first kappa shape index (κ1) is 21.1. The van der Waals surface area contributed by atoms with Gasteiger partial charge < -0.3 is 9.15 Å². The van der Waals surface area contributed by atoms with Gasteiger partial charge in [0.05, 0.1) is 5.69 Å². The zero-order valence-electron chi connectivity index (χ0n) is 17.4. The Morgan fingerprint density at radius 3 is 2.23 bits per heavy atom. The van der Waals surface area contributed by atoms with Crippen LogP contribution in [0, 0.1) is 5.92 Å². The molecule has 0 fully saturated rings. The van der Waals surface area contributed by atoms with Crippen LogP contribution in [0.25, 0.3) is 11.5 Å². The number of ether oxygens (including phenoxy) is 1. The van der Waals surface area contributed by atoms with Crippen LogP contribution in [0.3, 0.4) is 0 Å². The monoisotopic (exact) mass is 433 g/mol. The zero-order valence-corrected chi connectivity index (χ0v) is 18.1. The molecule has 0 radical (unpaired) electrons. The van der Waals surface area contributed by atoms with Crippen molar-refractivity contribution in [1.82, 2.24) is 15.2 Å². The minimum Gasteiger partial charge on any atom is -0.487 e. The molecule has 1 unspecified atom stereocenters. The van der Waals surface area contributed by atoms with Crippen molar-refractivity contribution in [2.24, 2.45) is 5.92 Å². The Kier molecular flexibility index (Phi) is 6.95. The van der Waals surface area contributed by atoms with Crippen LogP contribution < -0.4 is 4.74 Å². The van der Waals surface area contributed by atoms with E-state index in [0.717, 1.165) is 29.8 Å². The molecule has 1 atom stereocenters. The van der Waals surface area contributed by atoms with Crippen molar-refractivity contribution in [3.05, 3.63) is 95.6 Å². The highest BCUT2D eigenvalue weighted by atomic mass is 35.5. The largest absolute Gasteiger partial charge is 0.487 e. The fourth-order valence-corrected chi connectivity index (χ4v) is 3.56. The molecule has 0 N–H and O–H groups in total. The second-order valence-electron chi connectivity index (χ2n) is 7.60. The van der Waals surface area contributed by atoms with Crippen molar-refractivity contribution in [3.63, 3.8) is 0 Å². The minimum absolute atomic E-state index is 0.222. The zero-order chi connectivity index (χ0) is 21.5. The highest BCUT2D eigenvalue weighted by molar-refractivity contribution is 6.16. The third-order valence-electron chi connectivity index (χ3n) is 4.99. The van der Waals surface area contributed by atoms with Crippen molar-refractivity contribution in [2.45, 2.75) is 32.3 Å². The van der Waals surface area contributed by atoms with Crippen molar-refractivity contribution in [2.75, 3.05) is 0 Å². The van der Waals surface area contributed by atoms with Crippen molar-refractivity contribution in [3.8, 4) is 17.2 Å². The molecule has 2 aromatic carbocycles. The summed E-state index contributed by atoms with van der Waals surface area (Å²) in [6, 6.07) is 22.4. The SMILES string of the molecule is CC(Cc1ccc(OCc2ccccn2)cc1)Cc1ccc(-c2nnc(CCl)o2)cc1. The van der Waals surface area contributed by atoms with E-state index < -0.39 is 0 Å². The van der Waals surface area contributed by atoms with Gasteiger partial charge in [0, 0.05) is 11.8 Å². The molecule has 0 amide bonds. The lowest BCUT2D eigenvalue weighted by Gasteiger charge is -2.13. The normalized spacial score (nSPS) is 11.9. The number of alkyl halides is 1. The molecular weight excluding hydrogens is 410 g/mol. The van der Waals surface area contributed by atoms with Crippen LogP contribution in [-0.4, -0.2) is 15.2 Å². The van der Waals surface area contributed by atoms with Gasteiger partial charge in [-0.05, 0) is 66.3 Å². The van der Waals surface area contributed by atoms with Crippen molar-refractivity contribution >= 4 is 11.6 Å². The maximum Gasteiger partial charge on any atom is 0.247 e. The van der Waals surface area contributed by atoms with E-state index in [1.165, 1.54) is 11.1 Å². The average Bonchev–Trinajstić information content (AvgIpc) is 3.29. The first-order valence-electron chi connectivity index (χ1n) is 10.3. The topological polar surface area (TPSA) is 61.0 Å². The molecule has 4 aromatic rings. The van der Waals surface area contributed by atoms with Gasteiger partial charge in [0.1, 0.15) is 18.2 Å². The molecule has 2 aromatic heterocycles. The molecule has 0 aliphatic heterocycles. The van der Waals surface area contributed by atoms with E-state index in [1.54, 1.807) is 6.20 Å². The summed E-state index contributed by atoms with van der Waals surface area (Å²) in [7, 11) is 0. The van der Waals surface area contributed by atoms with Gasteiger partial charge >= 0.3 is 0 Å². The second-order valence-corrected chi connectivity index (χ2v) is 7.87. The Morgan fingerprint density at radius 2 is 1.61 bits per heavy atom. The van der Waals surface area contributed by atoms with Crippen LogP contribution >= 0.6 is 11.6 Å². The summed E-state index contributed by atoms with van der Waals surface area (Å²) in [6.45, 7) is 2.74. The van der Waals surface area contributed by atoms with Gasteiger partial charge in [0.2, 0.25) is 11.8 Å². The molecule has 0 saturated carbocycles. The molecule has 0 saturated heterocycles. The van der Waals surface area contributed by atoms with Crippen LogP contribution in [0.2, 0.25) is 0 Å². The molecule has 158 valence electrons. The lowest BCUT2D eigenvalue weighted by Crippen LogP contribution is -2.04. The Balaban J connectivity index is 1.28. The van der Waals surface area contributed by atoms with Crippen molar-refractivity contribution < 1.29 is 9.15 Å². The number of hydrogen-bond donors (Lipinski definition) is 0. The average molecular weight is 434 g/mol. The number of halogens is 1. The third-order valence-corrected chi connectivity index (χ3v) is 5.22. The van der Waals surface area contributed by atoms with E-state index in [9.17, 15) is 0 Å².